The summed E-state index contributed by atoms with van der Waals surface area (Å²) < 4.78 is 0. The molecule has 3 N–H and O–H groups in total. The van der Waals surface area contributed by atoms with Crippen molar-refractivity contribution in [2.45, 2.75) is 20.4 Å². The summed E-state index contributed by atoms with van der Waals surface area (Å²) in [5, 5.41) is 2.49. The minimum atomic E-state index is -0.515. The Kier molecular flexibility index (Phi) is 5.66. The van der Waals surface area contributed by atoms with Gasteiger partial charge in [-0.05, 0) is 34.7 Å². The van der Waals surface area contributed by atoms with Crippen LogP contribution in [-0.4, -0.2) is 23.9 Å². The molecule has 0 unspecified atom stereocenters. The monoisotopic (exact) mass is 364 g/mol. The van der Waals surface area contributed by atoms with Gasteiger partial charge in [-0.2, -0.15) is 0 Å². The van der Waals surface area contributed by atoms with Crippen molar-refractivity contribution in [3.8, 4) is 0 Å². The number of fused-ring (bicyclic) bond motifs is 1. The lowest BCUT2D eigenvalue weighted by atomic mass is 9.87. The third kappa shape index (κ3) is 3.90. The van der Waals surface area contributed by atoms with Gasteiger partial charge in [-0.15, -0.1) is 4.91 Å². The zero-order valence-electron chi connectivity index (χ0n) is 15.6. The quantitative estimate of drug-likeness (QED) is 0.608. The van der Waals surface area contributed by atoms with Gasteiger partial charge < -0.3 is 10.6 Å². The Bertz CT molecular complexity index is 875. The molecule has 0 spiro atoms. The van der Waals surface area contributed by atoms with E-state index in [1.165, 1.54) is 0 Å². The molecule has 6 heteroatoms. The normalized spacial score (nSPS) is 13.6. The summed E-state index contributed by atoms with van der Waals surface area (Å²) in [6.45, 7) is 6.42. The van der Waals surface area contributed by atoms with Gasteiger partial charge in [0, 0.05) is 36.5 Å². The summed E-state index contributed by atoms with van der Waals surface area (Å²) in [7, 11) is 0. The topological polar surface area (TPSA) is 87.8 Å². The van der Waals surface area contributed by atoms with Gasteiger partial charge in [-0.3, -0.25) is 4.79 Å². The highest BCUT2D eigenvalue weighted by Gasteiger charge is 2.26. The average molecular weight is 364 g/mol. The molecule has 0 aliphatic carbocycles. The second-order valence-electron chi connectivity index (χ2n) is 7.07. The minimum absolute atomic E-state index is 0.399. The molecule has 1 aliphatic heterocycles. The average Bonchev–Trinajstić information content (AvgIpc) is 2.67. The first-order valence-corrected chi connectivity index (χ1v) is 9.04. The fourth-order valence-corrected chi connectivity index (χ4v) is 3.58. The van der Waals surface area contributed by atoms with Crippen LogP contribution >= 0.6 is 0 Å². The number of nitrogens with one attached hydrogen (secondary N) is 1. The maximum absolute atomic E-state index is 12.1. The van der Waals surface area contributed by atoms with Crippen molar-refractivity contribution in [1.29, 1.82) is 0 Å². The zero-order chi connectivity index (χ0) is 19.4. The third-order valence-electron chi connectivity index (χ3n) is 4.66. The SMILES string of the molecule is CC(C)CN1Cc2ccc(C(=O)NN=O)cc2C(c2ccccc2)=C1CN. The molecule has 1 aliphatic rings. The Morgan fingerprint density at radius 2 is 1.96 bits per heavy atom. The summed E-state index contributed by atoms with van der Waals surface area (Å²) in [5.41, 5.74) is 13.8. The van der Waals surface area contributed by atoms with Crippen LogP contribution in [0.3, 0.4) is 0 Å². The second kappa shape index (κ2) is 8.14. The number of nitroso groups, excluding NO2 is 1. The first-order chi connectivity index (χ1) is 13.0. The molecule has 0 saturated carbocycles. The van der Waals surface area contributed by atoms with Crippen molar-refractivity contribution >= 4 is 11.5 Å². The summed E-state index contributed by atoms with van der Waals surface area (Å²) in [4.78, 5) is 24.8. The van der Waals surface area contributed by atoms with Crippen molar-refractivity contribution in [1.82, 2.24) is 10.3 Å². The molecule has 140 valence electrons. The fourth-order valence-electron chi connectivity index (χ4n) is 3.58. The van der Waals surface area contributed by atoms with Gasteiger partial charge in [0.25, 0.3) is 5.91 Å². The largest absolute Gasteiger partial charge is 0.369 e. The molecule has 0 bridgehead atoms. The Morgan fingerprint density at radius 3 is 2.59 bits per heavy atom. The van der Waals surface area contributed by atoms with Crippen LogP contribution in [0.1, 0.15) is 40.9 Å². The predicted octanol–water partition coefficient (Wildman–Crippen LogP) is 3.29. The van der Waals surface area contributed by atoms with Crippen molar-refractivity contribution < 1.29 is 4.79 Å². The number of benzene rings is 2. The van der Waals surface area contributed by atoms with Gasteiger partial charge in [0.1, 0.15) is 0 Å². The molecule has 3 rings (SSSR count). The van der Waals surface area contributed by atoms with Crippen LogP contribution in [0.2, 0.25) is 0 Å². The smallest absolute Gasteiger partial charge is 0.273 e. The predicted molar refractivity (Wildman–Crippen MR) is 106 cm³/mol. The Balaban J connectivity index is 2.19. The number of nitrogens with two attached hydrogens (primary N) is 1. The van der Waals surface area contributed by atoms with Crippen molar-refractivity contribution in [3.63, 3.8) is 0 Å². The summed E-state index contributed by atoms with van der Waals surface area (Å²) >= 11 is 0. The van der Waals surface area contributed by atoms with Crippen LogP contribution < -0.4 is 11.2 Å². The molecule has 27 heavy (non-hydrogen) atoms. The van der Waals surface area contributed by atoms with E-state index in [0.29, 0.717) is 18.0 Å². The van der Waals surface area contributed by atoms with Gasteiger partial charge in [-0.1, -0.05) is 50.2 Å². The number of nitrogens with zero attached hydrogens (tertiary/aromatic N) is 2. The maximum atomic E-state index is 12.1. The molecule has 1 heterocycles. The van der Waals surface area contributed by atoms with Crippen molar-refractivity contribution in [3.05, 3.63) is 81.4 Å². The number of amides is 1. The van der Waals surface area contributed by atoms with E-state index in [-0.39, 0.29) is 0 Å². The number of carbonyl (C=O) groups excluding carboxylic acids is 1. The molecule has 6 nitrogen and oxygen atoms in total. The van der Waals surface area contributed by atoms with E-state index >= 15 is 0 Å². The molecule has 0 fully saturated rings. The van der Waals surface area contributed by atoms with Crippen LogP contribution in [0, 0.1) is 10.8 Å². The first kappa shape index (κ1) is 18.8. The van der Waals surface area contributed by atoms with Gasteiger partial charge in [0.2, 0.25) is 0 Å². The lowest BCUT2D eigenvalue weighted by Crippen LogP contribution is -2.34. The number of carbonyl (C=O) groups is 1. The van der Waals surface area contributed by atoms with E-state index in [0.717, 1.165) is 41.1 Å². The maximum Gasteiger partial charge on any atom is 0.273 e. The lowest BCUT2D eigenvalue weighted by Gasteiger charge is -2.36. The van der Waals surface area contributed by atoms with Crippen LogP contribution in [0.25, 0.3) is 5.57 Å². The molecule has 2 aromatic rings. The highest BCUT2D eigenvalue weighted by Crippen LogP contribution is 2.36. The number of hydrogen-bond acceptors (Lipinski definition) is 5. The van der Waals surface area contributed by atoms with Gasteiger partial charge in [-0.25, -0.2) is 5.43 Å². The Labute approximate surface area is 159 Å². The molecular weight excluding hydrogens is 340 g/mol. The third-order valence-corrected chi connectivity index (χ3v) is 4.66. The molecular formula is C21H24N4O2. The van der Waals surface area contributed by atoms with Crippen molar-refractivity contribution in [2.75, 3.05) is 13.1 Å². The van der Waals surface area contributed by atoms with Gasteiger partial charge >= 0.3 is 0 Å². The lowest BCUT2D eigenvalue weighted by molar-refractivity contribution is 0.0954. The summed E-state index contributed by atoms with van der Waals surface area (Å²) in [5.74, 6) is -0.0204. The molecule has 2 aromatic carbocycles. The zero-order valence-corrected chi connectivity index (χ0v) is 15.6. The first-order valence-electron chi connectivity index (χ1n) is 9.04. The fraction of sp³-hybridized carbons (Fsp3) is 0.286. The van der Waals surface area contributed by atoms with Crippen LogP contribution in [-0.2, 0) is 6.54 Å². The van der Waals surface area contributed by atoms with E-state index < -0.39 is 5.91 Å². The molecule has 0 radical (unpaired) electrons. The van der Waals surface area contributed by atoms with E-state index in [9.17, 15) is 9.70 Å². The molecule has 0 saturated heterocycles. The summed E-state index contributed by atoms with van der Waals surface area (Å²) in [6, 6.07) is 15.5. The Morgan fingerprint density at radius 1 is 1.22 bits per heavy atom. The summed E-state index contributed by atoms with van der Waals surface area (Å²) in [6.07, 6.45) is 0. The van der Waals surface area contributed by atoms with Crippen molar-refractivity contribution in [2.24, 2.45) is 16.9 Å². The molecule has 1 amide bonds. The molecule has 0 atom stereocenters. The Hall–Kier alpha value is -2.99. The standard InChI is InChI=1S/C21H24N4O2/c1-14(2)12-25-13-17-9-8-16(21(26)23-24-27)10-18(17)20(19(25)11-22)15-6-4-3-5-7-15/h3-10,14H,11-13,22H2,1-2H3,(H,23,26,27). The van der Waals surface area contributed by atoms with E-state index in [1.54, 1.807) is 6.07 Å². The van der Waals surface area contributed by atoms with Crippen LogP contribution in [0.5, 0.6) is 0 Å². The second-order valence-corrected chi connectivity index (χ2v) is 7.07. The van der Waals surface area contributed by atoms with Gasteiger partial charge in [0.15, 0.2) is 0 Å². The highest BCUT2D eigenvalue weighted by molar-refractivity contribution is 5.96. The van der Waals surface area contributed by atoms with Crippen LogP contribution in [0.4, 0.5) is 0 Å². The van der Waals surface area contributed by atoms with E-state index in [1.807, 2.05) is 47.9 Å². The van der Waals surface area contributed by atoms with Crippen LogP contribution in [0.15, 0.2) is 59.5 Å². The van der Waals surface area contributed by atoms with E-state index in [2.05, 4.69) is 24.0 Å². The van der Waals surface area contributed by atoms with E-state index in [4.69, 9.17) is 5.73 Å². The highest BCUT2D eigenvalue weighted by atomic mass is 16.3. The number of rotatable bonds is 6. The minimum Gasteiger partial charge on any atom is -0.369 e. The molecule has 0 aromatic heterocycles. The number of hydrogen-bond donors (Lipinski definition) is 2. The van der Waals surface area contributed by atoms with Gasteiger partial charge in [0.05, 0.1) is 5.29 Å².